The Kier molecular flexibility index (Phi) is 9.81. The van der Waals surface area contributed by atoms with Gasteiger partial charge in [0.1, 0.15) is 0 Å². The first-order chi connectivity index (χ1) is 14.4. The smallest absolute Gasteiger partial charge is 0.303 e. The van der Waals surface area contributed by atoms with E-state index in [-0.39, 0.29) is 69.1 Å². The summed E-state index contributed by atoms with van der Waals surface area (Å²) < 4.78 is 62.9. The van der Waals surface area contributed by atoms with Crippen LogP contribution in [0.5, 0.6) is 0 Å². The molecule has 0 atom stereocenters. The van der Waals surface area contributed by atoms with Gasteiger partial charge in [-0.15, -0.1) is 24.8 Å². The van der Waals surface area contributed by atoms with Gasteiger partial charge in [-0.25, -0.2) is 0 Å². The Balaban J connectivity index is -0.000000539. The molecule has 0 unspecified atom stereocenters. The van der Waals surface area contributed by atoms with Gasteiger partial charge in [0, 0.05) is 11.0 Å². The fraction of sp³-hybridized carbons (Fsp3) is 0.889. The van der Waals surface area contributed by atoms with Crippen LogP contribution in [-0.2, 0) is 9.59 Å². The SMILES string of the molecule is Cl.Cl.O.[2H]C1([2H])CCCC([2H])([2H])C1(CN)CC(=O)O.[2H]C1([2H])CCCC([2H])([2H])C1(CN)CC(=O)O. The molecule has 2 aliphatic carbocycles. The lowest BCUT2D eigenvalue weighted by Crippen LogP contribution is -2.34. The van der Waals surface area contributed by atoms with E-state index in [2.05, 4.69) is 0 Å². The summed E-state index contributed by atoms with van der Waals surface area (Å²) in [5.74, 6) is -2.42. The molecule has 2 fully saturated rings. The standard InChI is InChI=1S/2C9H17NO2.2ClH.H2O/c2*10-7-9(6-8(11)12)4-2-1-3-5-9;;;/h2*1-7,10H2,(H,11,12);2*1H;1H2/i2*4D2,5D2;;;. The highest BCUT2D eigenvalue weighted by Crippen LogP contribution is 2.38. The zero-order valence-electron chi connectivity index (χ0n) is 23.3. The molecule has 0 radical (unpaired) electrons. The monoisotopic (exact) mass is 440 g/mol. The summed E-state index contributed by atoms with van der Waals surface area (Å²) in [7, 11) is 0. The van der Waals surface area contributed by atoms with Crippen LogP contribution >= 0.6 is 24.8 Å². The van der Waals surface area contributed by atoms with Crippen LogP contribution in [0.25, 0.3) is 0 Å². The summed E-state index contributed by atoms with van der Waals surface area (Å²) in [6.07, 6.45) is -7.13. The lowest BCUT2D eigenvalue weighted by Gasteiger charge is -2.34. The van der Waals surface area contributed by atoms with Gasteiger partial charge in [0.05, 0.1) is 12.8 Å². The predicted molar refractivity (Wildman–Crippen MR) is 112 cm³/mol. The van der Waals surface area contributed by atoms with Gasteiger partial charge in [-0.2, -0.15) is 0 Å². The molecule has 8 N–H and O–H groups in total. The molecule has 2 saturated carbocycles. The van der Waals surface area contributed by atoms with Crippen molar-refractivity contribution in [3.63, 3.8) is 0 Å². The van der Waals surface area contributed by atoms with Crippen molar-refractivity contribution in [2.75, 3.05) is 13.1 Å². The largest absolute Gasteiger partial charge is 0.481 e. The molecule has 0 spiro atoms. The second-order valence-corrected chi connectivity index (χ2v) is 6.13. The highest BCUT2D eigenvalue weighted by Gasteiger charge is 2.33. The van der Waals surface area contributed by atoms with Crippen molar-refractivity contribution in [1.82, 2.24) is 0 Å². The average Bonchev–Trinajstić information content (AvgIpc) is 2.60. The number of hydrogen-bond donors (Lipinski definition) is 4. The fourth-order valence-corrected chi connectivity index (χ4v) is 2.81. The van der Waals surface area contributed by atoms with Gasteiger partial charge in [-0.05, 0) is 49.4 Å². The first-order valence-corrected chi connectivity index (χ1v) is 8.21. The number of carboxylic acids is 2. The minimum atomic E-state index is -1.87. The first kappa shape index (κ1) is 17.3. The van der Waals surface area contributed by atoms with Crippen LogP contribution in [0.2, 0.25) is 0 Å². The molecule has 2 rings (SSSR count). The van der Waals surface area contributed by atoms with Gasteiger partial charge in [-0.1, -0.05) is 38.5 Å². The molecule has 0 heterocycles. The molecule has 0 aromatic heterocycles. The highest BCUT2D eigenvalue weighted by atomic mass is 35.5. The summed E-state index contributed by atoms with van der Waals surface area (Å²) in [6.45, 7) is -0.585. The van der Waals surface area contributed by atoms with Crippen molar-refractivity contribution in [2.24, 2.45) is 22.3 Å². The normalized spacial score (nSPS) is 31.5. The van der Waals surface area contributed by atoms with Crippen LogP contribution in [0, 0.1) is 10.8 Å². The van der Waals surface area contributed by atoms with E-state index in [0.717, 1.165) is 0 Å². The Morgan fingerprint density at radius 1 is 0.741 bits per heavy atom. The van der Waals surface area contributed by atoms with E-state index in [9.17, 15) is 9.59 Å². The molecule has 0 aromatic carbocycles. The maximum atomic E-state index is 10.8. The number of rotatable bonds is 6. The Hall–Kier alpha value is -0.600. The van der Waals surface area contributed by atoms with Crippen LogP contribution in [-0.4, -0.2) is 40.7 Å². The van der Waals surface area contributed by atoms with Gasteiger partial charge in [0.25, 0.3) is 0 Å². The molecular formula is C18H38Cl2N2O5. The van der Waals surface area contributed by atoms with Crippen LogP contribution in [0.1, 0.15) is 87.8 Å². The fourth-order valence-electron chi connectivity index (χ4n) is 2.81. The summed E-state index contributed by atoms with van der Waals surface area (Å²) in [4.78, 5) is 21.6. The Labute approximate surface area is 186 Å². The van der Waals surface area contributed by atoms with E-state index in [0.29, 0.717) is 12.8 Å². The van der Waals surface area contributed by atoms with Crippen LogP contribution in [0.3, 0.4) is 0 Å². The van der Waals surface area contributed by atoms with Gasteiger partial charge >= 0.3 is 11.9 Å². The van der Waals surface area contributed by atoms with Crippen molar-refractivity contribution in [3.8, 4) is 0 Å². The Bertz CT molecular complexity index is 626. The third-order valence-electron chi connectivity index (χ3n) is 4.16. The minimum absolute atomic E-state index is 0. The van der Waals surface area contributed by atoms with Crippen LogP contribution in [0.4, 0.5) is 0 Å². The molecule has 27 heavy (non-hydrogen) atoms. The van der Waals surface area contributed by atoms with Crippen molar-refractivity contribution < 1.29 is 36.2 Å². The van der Waals surface area contributed by atoms with Gasteiger partial charge < -0.3 is 27.2 Å². The van der Waals surface area contributed by atoms with Crippen LogP contribution < -0.4 is 11.5 Å². The number of carbonyl (C=O) groups is 2. The molecule has 2 aliphatic rings. The quantitative estimate of drug-likeness (QED) is 0.496. The van der Waals surface area contributed by atoms with Crippen molar-refractivity contribution in [1.29, 1.82) is 0 Å². The molecule has 7 nitrogen and oxygen atoms in total. The molecule has 0 bridgehead atoms. The Morgan fingerprint density at radius 2 is 1.00 bits per heavy atom. The van der Waals surface area contributed by atoms with E-state index in [1.54, 1.807) is 0 Å². The summed E-state index contributed by atoms with van der Waals surface area (Å²) >= 11 is 0. The maximum absolute atomic E-state index is 10.8. The second-order valence-electron chi connectivity index (χ2n) is 6.13. The molecule has 9 heteroatoms. The number of hydrogen-bond acceptors (Lipinski definition) is 4. The van der Waals surface area contributed by atoms with E-state index >= 15 is 0 Å². The molecule has 0 aliphatic heterocycles. The summed E-state index contributed by atoms with van der Waals surface area (Å²) in [6, 6.07) is 0. The maximum Gasteiger partial charge on any atom is 0.303 e. The third kappa shape index (κ3) is 11.1. The van der Waals surface area contributed by atoms with E-state index in [1.807, 2.05) is 0 Å². The second kappa shape index (κ2) is 15.3. The van der Waals surface area contributed by atoms with Crippen molar-refractivity contribution in [3.05, 3.63) is 0 Å². The van der Waals surface area contributed by atoms with Gasteiger partial charge in [-0.3, -0.25) is 9.59 Å². The summed E-state index contributed by atoms with van der Waals surface area (Å²) in [5, 5.41) is 17.7. The molecule has 0 saturated heterocycles. The lowest BCUT2D eigenvalue weighted by atomic mass is 9.72. The average molecular weight is 441 g/mol. The van der Waals surface area contributed by atoms with Crippen molar-refractivity contribution >= 4 is 36.8 Å². The zero-order chi connectivity index (χ0) is 25.2. The number of carboxylic acid groups (broad SMARTS) is 2. The summed E-state index contributed by atoms with van der Waals surface area (Å²) in [5.41, 5.74) is 7.75. The number of halogens is 2. The highest BCUT2D eigenvalue weighted by molar-refractivity contribution is 5.85. The van der Waals surface area contributed by atoms with Crippen LogP contribution in [0.15, 0.2) is 0 Å². The number of aliphatic carboxylic acids is 2. The van der Waals surface area contributed by atoms with E-state index < -0.39 is 61.1 Å². The lowest BCUT2D eigenvalue weighted by molar-refractivity contribution is -0.141. The molecule has 0 aromatic rings. The predicted octanol–water partition coefficient (Wildman–Crippen LogP) is 2.76. The number of nitrogens with two attached hydrogens (primary N) is 2. The molecule has 164 valence electrons. The van der Waals surface area contributed by atoms with E-state index in [1.165, 1.54) is 0 Å². The topological polar surface area (TPSA) is 158 Å². The molecule has 0 amide bonds. The van der Waals surface area contributed by atoms with Gasteiger partial charge in [0.2, 0.25) is 0 Å². The zero-order valence-corrected chi connectivity index (χ0v) is 16.9. The van der Waals surface area contributed by atoms with E-state index in [4.69, 9.17) is 32.6 Å². The first-order valence-electron chi connectivity index (χ1n) is 12.2. The Morgan fingerprint density at radius 3 is 1.19 bits per heavy atom. The third-order valence-corrected chi connectivity index (χ3v) is 4.16. The van der Waals surface area contributed by atoms with Crippen molar-refractivity contribution in [2.45, 2.75) is 76.9 Å². The van der Waals surface area contributed by atoms with Gasteiger partial charge in [0.15, 0.2) is 0 Å². The molecular weight excluding hydrogens is 395 g/mol. The minimum Gasteiger partial charge on any atom is -0.481 e.